The number of nitrogens with zero attached hydrogens (tertiary/aromatic N) is 1. The zero-order valence-electron chi connectivity index (χ0n) is 10.9. The number of amides is 2. The second-order valence-electron chi connectivity index (χ2n) is 4.71. The Hall–Kier alpha value is -2.03. The Morgan fingerprint density at radius 2 is 2.11 bits per heavy atom. The Bertz CT molecular complexity index is 413. The summed E-state index contributed by atoms with van der Waals surface area (Å²) < 4.78 is 0. The predicted molar refractivity (Wildman–Crippen MR) is 67.9 cm³/mol. The molecular formula is C13H18N2O4. The minimum Gasteiger partial charge on any atom is -0.480 e. The molecule has 0 aromatic carbocycles. The van der Waals surface area contributed by atoms with Crippen molar-refractivity contribution in [3.05, 3.63) is 0 Å². The Labute approximate surface area is 112 Å². The summed E-state index contributed by atoms with van der Waals surface area (Å²) in [5.74, 6) is 1.20. The van der Waals surface area contributed by atoms with Crippen molar-refractivity contribution in [2.24, 2.45) is 11.8 Å². The van der Waals surface area contributed by atoms with Crippen molar-refractivity contribution in [1.29, 1.82) is 0 Å². The number of terminal acetylenes is 1. The largest absolute Gasteiger partial charge is 0.480 e. The van der Waals surface area contributed by atoms with Crippen molar-refractivity contribution >= 4 is 17.8 Å². The Morgan fingerprint density at radius 1 is 1.47 bits per heavy atom. The molecule has 0 bridgehead atoms. The molecule has 1 aliphatic carbocycles. The molecule has 1 saturated carbocycles. The van der Waals surface area contributed by atoms with Crippen LogP contribution in [-0.4, -0.2) is 47.4 Å². The Balaban J connectivity index is 2.29. The topological polar surface area (TPSA) is 86.7 Å². The van der Waals surface area contributed by atoms with Crippen LogP contribution in [0, 0.1) is 24.2 Å². The van der Waals surface area contributed by atoms with Gasteiger partial charge in [-0.1, -0.05) is 12.8 Å². The summed E-state index contributed by atoms with van der Waals surface area (Å²) in [7, 11) is 0. The molecule has 2 atom stereocenters. The predicted octanol–water partition coefficient (Wildman–Crippen LogP) is -0.305. The number of aliphatic carboxylic acids is 1. The number of nitrogens with one attached hydrogen (secondary N) is 1. The van der Waals surface area contributed by atoms with Gasteiger partial charge in [0.1, 0.15) is 6.54 Å². The third-order valence-corrected chi connectivity index (χ3v) is 3.05. The lowest BCUT2D eigenvalue weighted by molar-refractivity contribution is -0.144. The first kappa shape index (κ1) is 15.0. The molecule has 0 aromatic rings. The maximum atomic E-state index is 11.7. The van der Waals surface area contributed by atoms with E-state index in [1.165, 1.54) is 0 Å². The van der Waals surface area contributed by atoms with E-state index in [1.54, 1.807) is 0 Å². The van der Waals surface area contributed by atoms with Gasteiger partial charge in [0.25, 0.3) is 0 Å². The van der Waals surface area contributed by atoms with Gasteiger partial charge in [0.05, 0.1) is 6.54 Å². The third-order valence-electron chi connectivity index (χ3n) is 3.05. The van der Waals surface area contributed by atoms with Crippen LogP contribution in [0.1, 0.15) is 19.8 Å². The maximum absolute atomic E-state index is 11.7. The van der Waals surface area contributed by atoms with Gasteiger partial charge >= 0.3 is 5.97 Å². The van der Waals surface area contributed by atoms with Crippen LogP contribution >= 0.6 is 0 Å². The molecule has 2 unspecified atom stereocenters. The molecule has 1 rings (SSSR count). The van der Waals surface area contributed by atoms with Gasteiger partial charge in [-0.25, -0.2) is 0 Å². The first-order valence-electron chi connectivity index (χ1n) is 6.16. The molecule has 0 spiro atoms. The fourth-order valence-electron chi connectivity index (χ4n) is 1.77. The normalized spacial score (nSPS) is 20.2. The summed E-state index contributed by atoms with van der Waals surface area (Å²) in [5, 5.41) is 11.3. The fraction of sp³-hybridized carbons (Fsp3) is 0.615. The number of hydrogen-bond acceptors (Lipinski definition) is 3. The molecular weight excluding hydrogens is 248 g/mol. The SMILES string of the molecule is C#CCN(CC(=O)O)C(=O)CCNC(=O)C1CC1C. The molecule has 1 aliphatic rings. The zero-order chi connectivity index (χ0) is 14.4. The molecule has 0 aromatic heterocycles. The molecule has 6 heteroatoms. The Morgan fingerprint density at radius 3 is 2.58 bits per heavy atom. The number of carboxylic acids is 1. The van der Waals surface area contributed by atoms with E-state index < -0.39 is 12.5 Å². The van der Waals surface area contributed by atoms with Gasteiger partial charge in [-0.05, 0) is 12.3 Å². The standard InChI is InChI=1S/C13H18N2O4/c1-3-6-15(8-12(17)18)11(16)4-5-14-13(19)10-7-9(10)2/h1,9-10H,4-8H2,2H3,(H,14,19)(H,17,18). The van der Waals surface area contributed by atoms with Crippen LogP contribution in [0.4, 0.5) is 0 Å². The smallest absolute Gasteiger partial charge is 0.323 e. The van der Waals surface area contributed by atoms with E-state index in [9.17, 15) is 14.4 Å². The zero-order valence-corrected chi connectivity index (χ0v) is 10.9. The van der Waals surface area contributed by atoms with Gasteiger partial charge < -0.3 is 15.3 Å². The molecule has 0 radical (unpaired) electrons. The lowest BCUT2D eigenvalue weighted by Crippen LogP contribution is -2.38. The average molecular weight is 266 g/mol. The van der Waals surface area contributed by atoms with Gasteiger partial charge in [-0.15, -0.1) is 6.42 Å². The second kappa shape index (κ2) is 6.78. The first-order valence-corrected chi connectivity index (χ1v) is 6.16. The number of hydrogen-bond donors (Lipinski definition) is 2. The summed E-state index contributed by atoms with van der Waals surface area (Å²) in [6.45, 7) is 1.74. The number of carboxylic acid groups (broad SMARTS) is 1. The van der Waals surface area contributed by atoms with Crippen molar-refractivity contribution in [2.75, 3.05) is 19.6 Å². The van der Waals surface area contributed by atoms with E-state index in [2.05, 4.69) is 11.2 Å². The van der Waals surface area contributed by atoms with Crippen LogP contribution < -0.4 is 5.32 Å². The molecule has 0 saturated heterocycles. The highest BCUT2D eigenvalue weighted by atomic mass is 16.4. The minimum absolute atomic E-state index is 0.0398. The number of rotatable bonds is 7. The van der Waals surface area contributed by atoms with Crippen LogP contribution in [-0.2, 0) is 14.4 Å². The van der Waals surface area contributed by atoms with Crippen LogP contribution in [0.2, 0.25) is 0 Å². The molecule has 19 heavy (non-hydrogen) atoms. The minimum atomic E-state index is -1.11. The van der Waals surface area contributed by atoms with E-state index in [0.29, 0.717) is 5.92 Å². The molecule has 6 nitrogen and oxygen atoms in total. The number of carbonyl (C=O) groups excluding carboxylic acids is 2. The monoisotopic (exact) mass is 266 g/mol. The summed E-state index contributed by atoms with van der Waals surface area (Å²) in [5.41, 5.74) is 0. The van der Waals surface area contributed by atoms with E-state index >= 15 is 0 Å². The van der Waals surface area contributed by atoms with Crippen LogP contribution in [0.15, 0.2) is 0 Å². The van der Waals surface area contributed by atoms with Crippen LogP contribution in [0.5, 0.6) is 0 Å². The molecule has 2 amide bonds. The maximum Gasteiger partial charge on any atom is 0.323 e. The quantitative estimate of drug-likeness (QED) is 0.619. The van der Waals surface area contributed by atoms with Gasteiger partial charge in [-0.3, -0.25) is 14.4 Å². The lowest BCUT2D eigenvalue weighted by atomic mass is 10.3. The van der Waals surface area contributed by atoms with Crippen LogP contribution in [0.3, 0.4) is 0 Å². The summed E-state index contributed by atoms with van der Waals surface area (Å²) >= 11 is 0. The highest BCUT2D eigenvalue weighted by molar-refractivity contribution is 5.84. The van der Waals surface area contributed by atoms with Gasteiger partial charge in [0, 0.05) is 18.9 Å². The van der Waals surface area contributed by atoms with Crippen molar-refractivity contribution < 1.29 is 19.5 Å². The van der Waals surface area contributed by atoms with Gasteiger partial charge in [0.2, 0.25) is 11.8 Å². The molecule has 2 N–H and O–H groups in total. The van der Waals surface area contributed by atoms with E-state index in [-0.39, 0.29) is 37.2 Å². The summed E-state index contributed by atoms with van der Waals surface area (Å²) in [6, 6.07) is 0. The molecule has 0 aliphatic heterocycles. The molecule has 0 heterocycles. The summed E-state index contributed by atoms with van der Waals surface area (Å²) in [6.07, 6.45) is 6.02. The second-order valence-corrected chi connectivity index (χ2v) is 4.71. The Kier molecular flexibility index (Phi) is 5.37. The lowest BCUT2D eigenvalue weighted by Gasteiger charge is -2.17. The first-order chi connectivity index (χ1) is 8.95. The third kappa shape index (κ3) is 5.00. The van der Waals surface area contributed by atoms with Crippen molar-refractivity contribution in [1.82, 2.24) is 10.2 Å². The average Bonchev–Trinajstić information content (AvgIpc) is 3.05. The van der Waals surface area contributed by atoms with E-state index in [1.807, 2.05) is 6.92 Å². The highest BCUT2D eigenvalue weighted by Gasteiger charge is 2.38. The van der Waals surface area contributed by atoms with E-state index in [0.717, 1.165) is 11.3 Å². The molecule has 104 valence electrons. The van der Waals surface area contributed by atoms with Crippen molar-refractivity contribution in [3.8, 4) is 12.3 Å². The molecule has 1 fully saturated rings. The fourth-order valence-corrected chi connectivity index (χ4v) is 1.77. The highest BCUT2D eigenvalue weighted by Crippen LogP contribution is 2.37. The van der Waals surface area contributed by atoms with Crippen molar-refractivity contribution in [3.63, 3.8) is 0 Å². The summed E-state index contributed by atoms with van der Waals surface area (Å²) in [4.78, 5) is 34.9. The van der Waals surface area contributed by atoms with Crippen LogP contribution in [0.25, 0.3) is 0 Å². The van der Waals surface area contributed by atoms with Crippen molar-refractivity contribution in [2.45, 2.75) is 19.8 Å². The van der Waals surface area contributed by atoms with Gasteiger partial charge in [-0.2, -0.15) is 0 Å². The van der Waals surface area contributed by atoms with Gasteiger partial charge in [0.15, 0.2) is 0 Å². The number of carbonyl (C=O) groups is 3. The van der Waals surface area contributed by atoms with E-state index in [4.69, 9.17) is 11.5 Å².